The summed E-state index contributed by atoms with van der Waals surface area (Å²) in [6.45, 7) is 50.3. The summed E-state index contributed by atoms with van der Waals surface area (Å²) in [6.07, 6.45) is 47.1. The molecule has 0 aromatic heterocycles. The molecule has 8 bridgehead atoms. The third-order valence-corrected chi connectivity index (χ3v) is 23.1. The van der Waals surface area contributed by atoms with Crippen LogP contribution in [0.2, 0.25) is 0 Å². The Labute approximate surface area is 573 Å². The van der Waals surface area contributed by atoms with Gasteiger partial charge in [0.2, 0.25) is 0 Å². The Morgan fingerprint density at radius 2 is 0.568 bits per heavy atom. The molecule has 0 radical (unpaired) electrons. The van der Waals surface area contributed by atoms with Crippen LogP contribution in [0, 0.1) is 23.7 Å². The van der Waals surface area contributed by atoms with Crippen molar-refractivity contribution in [3.8, 4) is 0 Å². The van der Waals surface area contributed by atoms with Gasteiger partial charge in [0.15, 0.2) is 0 Å². The molecule has 536 valence electrons. The quantitative estimate of drug-likeness (QED) is 0.244. The van der Waals surface area contributed by atoms with Crippen molar-refractivity contribution < 1.29 is 23.7 Å². The van der Waals surface area contributed by atoms with Crippen molar-refractivity contribution in [2.75, 3.05) is 88.8 Å². The van der Waals surface area contributed by atoms with E-state index in [0.29, 0.717) is 24.4 Å². The zero-order valence-corrected chi connectivity index (χ0v) is 66.7. The molecule has 2 aliphatic carbocycles. The van der Waals surface area contributed by atoms with Crippen molar-refractivity contribution in [3.05, 3.63) is 0 Å². The van der Waals surface area contributed by atoms with Gasteiger partial charge in [-0.25, -0.2) is 0 Å². The van der Waals surface area contributed by atoms with Crippen LogP contribution in [0.15, 0.2) is 0 Å². The van der Waals surface area contributed by atoms with E-state index in [1.54, 1.807) is 32.1 Å². The maximum Gasteiger partial charge on any atom is 0.0611 e. The van der Waals surface area contributed by atoms with Crippen molar-refractivity contribution in [1.82, 2.24) is 10.6 Å². The van der Waals surface area contributed by atoms with Crippen molar-refractivity contribution in [2.45, 2.75) is 383 Å². The molecule has 8 unspecified atom stereocenters. The number of thioether (sulfide) groups is 4. The Balaban J connectivity index is -0.000000435. The van der Waals surface area contributed by atoms with E-state index in [9.17, 15) is 0 Å². The number of nitrogens with one attached hydrogen (secondary N) is 2. The molecular formula is C77H164N2O5S4. The van der Waals surface area contributed by atoms with Gasteiger partial charge in [-0.3, -0.25) is 0 Å². The van der Waals surface area contributed by atoms with Crippen LogP contribution in [-0.2, 0) is 23.7 Å². The summed E-state index contributed by atoms with van der Waals surface area (Å²) >= 11 is 8.72. The summed E-state index contributed by atoms with van der Waals surface area (Å²) in [5.74, 6) is 9.98. The molecule has 2 N–H and O–H groups in total. The number of rotatable bonds is 0. The lowest BCUT2D eigenvalue weighted by molar-refractivity contribution is 0.0814. The summed E-state index contributed by atoms with van der Waals surface area (Å²) in [5.41, 5.74) is 0. The number of piperidine rings is 1. The second-order valence-electron chi connectivity index (χ2n) is 22.3. The van der Waals surface area contributed by atoms with Crippen LogP contribution in [0.1, 0.15) is 338 Å². The van der Waals surface area contributed by atoms with E-state index < -0.39 is 0 Å². The summed E-state index contributed by atoms with van der Waals surface area (Å²) in [4.78, 5) is 0. The smallest absolute Gasteiger partial charge is 0.0611 e. The van der Waals surface area contributed by atoms with E-state index in [1.807, 2.05) is 138 Å². The van der Waals surface area contributed by atoms with Crippen LogP contribution in [-0.4, -0.2) is 134 Å². The molecule has 2 saturated carbocycles. The van der Waals surface area contributed by atoms with Crippen molar-refractivity contribution in [3.63, 3.8) is 0 Å². The van der Waals surface area contributed by atoms with Crippen molar-refractivity contribution in [2.24, 2.45) is 23.7 Å². The van der Waals surface area contributed by atoms with Crippen molar-refractivity contribution >= 4 is 47.0 Å². The molecule has 11 heteroatoms. The molecule has 0 spiro atoms. The average molecular weight is 1330 g/mol. The molecule has 0 aromatic rings. The number of hydrogen-bond donors (Lipinski definition) is 2. The first-order valence-corrected chi connectivity index (χ1v) is 43.9. The van der Waals surface area contributed by atoms with Gasteiger partial charge in [-0.1, -0.05) is 164 Å². The van der Waals surface area contributed by atoms with Gasteiger partial charge in [0, 0.05) is 60.5 Å². The fraction of sp³-hybridized carbons (Fsp3) is 1.00. The zero-order chi connectivity index (χ0) is 66.5. The molecule has 14 aliphatic heterocycles. The second-order valence-corrected chi connectivity index (χ2v) is 27.9. The van der Waals surface area contributed by atoms with Crippen molar-refractivity contribution in [1.29, 1.82) is 0 Å². The van der Waals surface area contributed by atoms with Crippen LogP contribution in [0.3, 0.4) is 0 Å². The summed E-state index contributed by atoms with van der Waals surface area (Å²) in [6, 6.07) is 0. The van der Waals surface area contributed by atoms with Crippen LogP contribution < -0.4 is 10.6 Å². The molecule has 88 heavy (non-hydrogen) atoms. The minimum absolute atomic E-state index is 0.671. The lowest BCUT2D eigenvalue weighted by Crippen LogP contribution is -2.30. The molecule has 16 fully saturated rings. The SMILES string of the molecule is C1CC2C3CCC(O3)C2C1.C1CC2C3CCC(S3)C2C1.C1CC2CCC1O2.C1CC2CCC1S2.C1CCNCC1.C1CCOC1.C1CCOCC1.C1CCSC1.C1CCSCC1.C1COCCN1.CC.CC.CC.CC.CC.CC.CC.CC.CC.CC. The standard InChI is InChI=1S/C9H14O.C9H14S.C6H10O.C6H10S.C5H11N.C5H10O.C5H10S.C4H9NO.C4H8O.C4H8S.10C2H6/c2*1-2-6-7(3-1)9-5-4-8(6)10-9;2*1-2-6-4-3-5(1)7-6;3*1-2-4-6-5-3-1;1-3-6-4-2-5-1;2*1-2-4-5-3-1;10*1-2/h2*6-9H,1-5H2;2*5-6H,1-4H2;6H,1-5H2;2*1-5H2;5H,1-4H2;2*1-4H2;10*1-2H3. The monoisotopic (exact) mass is 1330 g/mol. The Kier molecular flexibility index (Phi) is 83.7. The van der Waals surface area contributed by atoms with E-state index >= 15 is 0 Å². The Morgan fingerprint density at radius 1 is 0.250 bits per heavy atom. The molecule has 7 nitrogen and oxygen atoms in total. The Bertz CT molecular complexity index is 995. The van der Waals surface area contributed by atoms with E-state index in [0.717, 1.165) is 85.6 Å². The summed E-state index contributed by atoms with van der Waals surface area (Å²) in [7, 11) is 0. The second kappa shape index (κ2) is 77.1. The van der Waals surface area contributed by atoms with Gasteiger partial charge in [0.25, 0.3) is 0 Å². The predicted octanol–water partition coefficient (Wildman–Crippen LogP) is 24.0. The van der Waals surface area contributed by atoms with E-state index in [1.165, 1.54) is 215 Å². The fourth-order valence-corrected chi connectivity index (χ4v) is 19.1. The maximum absolute atomic E-state index is 5.84. The molecule has 16 rings (SSSR count). The fourth-order valence-electron chi connectivity index (χ4n) is 13.4. The topological polar surface area (TPSA) is 70.2 Å². The van der Waals surface area contributed by atoms with E-state index in [4.69, 9.17) is 23.7 Å². The molecule has 0 amide bonds. The number of hydrogen-bond acceptors (Lipinski definition) is 11. The lowest BCUT2D eigenvalue weighted by Gasteiger charge is -2.21. The normalized spacial score (nSPS) is 30.7. The first-order valence-electron chi connectivity index (χ1n) is 39.7. The average Bonchev–Trinajstić information content (AvgIpc) is 2.38. The zero-order valence-electron chi connectivity index (χ0n) is 63.4. The minimum Gasteiger partial charge on any atom is -0.381 e. The molecule has 16 aliphatic rings. The Morgan fingerprint density at radius 3 is 0.784 bits per heavy atom. The van der Waals surface area contributed by atoms with Gasteiger partial charge in [-0.2, -0.15) is 47.0 Å². The highest BCUT2D eigenvalue weighted by atomic mass is 32.2. The molecule has 14 heterocycles. The molecule has 14 saturated heterocycles. The van der Waals surface area contributed by atoms with Crippen LogP contribution in [0.4, 0.5) is 0 Å². The summed E-state index contributed by atoms with van der Waals surface area (Å²) < 4.78 is 26.3. The molecular weight excluding hydrogens is 1160 g/mol. The largest absolute Gasteiger partial charge is 0.381 e. The molecule has 8 atom stereocenters. The van der Waals surface area contributed by atoms with Gasteiger partial charge in [0.05, 0.1) is 37.6 Å². The maximum atomic E-state index is 5.84. The number of ether oxygens (including phenoxy) is 5. The van der Waals surface area contributed by atoms with Gasteiger partial charge in [-0.15, -0.1) is 0 Å². The first kappa shape index (κ1) is 95.5. The van der Waals surface area contributed by atoms with Crippen LogP contribution in [0.5, 0.6) is 0 Å². The first-order chi connectivity index (χ1) is 43.8. The lowest BCUT2D eigenvalue weighted by atomic mass is 9.82. The highest BCUT2D eigenvalue weighted by Gasteiger charge is 2.51. The van der Waals surface area contributed by atoms with Gasteiger partial charge >= 0.3 is 0 Å². The Hall–Kier alpha value is 1.12. The van der Waals surface area contributed by atoms with Gasteiger partial charge in [0.1, 0.15) is 0 Å². The third kappa shape index (κ3) is 47.1. The van der Waals surface area contributed by atoms with E-state index in [-0.39, 0.29) is 0 Å². The predicted molar refractivity (Wildman–Crippen MR) is 411 cm³/mol. The highest BCUT2D eigenvalue weighted by Crippen LogP contribution is 2.59. The van der Waals surface area contributed by atoms with Gasteiger partial charge < -0.3 is 34.3 Å². The van der Waals surface area contributed by atoms with E-state index in [2.05, 4.69) is 57.7 Å². The molecule has 0 aromatic carbocycles. The summed E-state index contributed by atoms with van der Waals surface area (Å²) in [5, 5.41) is 10.8. The van der Waals surface area contributed by atoms with Crippen LogP contribution in [0.25, 0.3) is 0 Å². The number of morpholine rings is 1. The third-order valence-electron chi connectivity index (χ3n) is 17.2. The highest BCUT2D eigenvalue weighted by molar-refractivity contribution is 8.01. The minimum atomic E-state index is 0.671. The number of fused-ring (bicyclic) bond motifs is 14. The van der Waals surface area contributed by atoms with Crippen LogP contribution >= 0.6 is 47.0 Å². The van der Waals surface area contributed by atoms with Gasteiger partial charge in [-0.05, 0) is 233 Å².